The normalized spacial score (nSPS) is 13.9. The summed E-state index contributed by atoms with van der Waals surface area (Å²) in [4.78, 5) is 0. The number of nitrogens with zero attached hydrogens (tertiary/aromatic N) is 1. The van der Waals surface area contributed by atoms with Crippen molar-refractivity contribution in [3.8, 4) is 0 Å². The van der Waals surface area contributed by atoms with E-state index in [4.69, 9.17) is 21.5 Å². The number of halogens is 2. The molecule has 3 rings (SSSR count). The first-order valence-corrected chi connectivity index (χ1v) is 6.81. The smallest absolute Gasteiger partial charge is 0.152 e. The van der Waals surface area contributed by atoms with Crippen LogP contribution in [0.25, 0.3) is 0 Å². The van der Waals surface area contributed by atoms with Crippen LogP contribution >= 0.6 is 11.6 Å². The summed E-state index contributed by atoms with van der Waals surface area (Å²) in [5, 5.41) is 14.9. The zero-order valence-corrected chi connectivity index (χ0v) is 11.4. The average Bonchev–Trinajstić information content (AvgIpc) is 2.87. The monoisotopic (exact) mass is 293 g/mol. The third-order valence-corrected chi connectivity index (χ3v) is 3.67. The molecule has 0 saturated heterocycles. The first kappa shape index (κ1) is 13.1. The van der Waals surface area contributed by atoms with Crippen LogP contribution in [0.1, 0.15) is 29.9 Å². The zero-order valence-electron chi connectivity index (χ0n) is 10.7. The summed E-state index contributed by atoms with van der Waals surface area (Å²) < 4.78 is 18.4. The van der Waals surface area contributed by atoms with Crippen molar-refractivity contribution in [1.82, 2.24) is 5.16 Å². The molecule has 0 fully saturated rings. The Labute approximate surface area is 120 Å². The summed E-state index contributed by atoms with van der Waals surface area (Å²) in [6.07, 6.45) is 3.92. The van der Waals surface area contributed by atoms with Crippen LogP contribution in [0.2, 0.25) is 5.02 Å². The Hall–Kier alpha value is -1.88. The summed E-state index contributed by atoms with van der Waals surface area (Å²) in [6.45, 7) is 0. The van der Waals surface area contributed by atoms with Crippen molar-refractivity contribution < 1.29 is 8.91 Å². The van der Waals surface area contributed by atoms with Gasteiger partial charge in [-0.2, -0.15) is 0 Å². The lowest BCUT2D eigenvalue weighted by molar-refractivity contribution is 0.371. The third kappa shape index (κ3) is 2.41. The van der Waals surface area contributed by atoms with E-state index in [2.05, 4.69) is 10.5 Å². The molecule has 104 valence electrons. The molecular formula is C14H13ClFN3O. The first-order chi connectivity index (χ1) is 9.65. The Morgan fingerprint density at radius 3 is 2.95 bits per heavy atom. The van der Waals surface area contributed by atoms with Gasteiger partial charge in [0.15, 0.2) is 11.5 Å². The summed E-state index contributed by atoms with van der Waals surface area (Å²) in [5.74, 6) is 0.525. The van der Waals surface area contributed by atoms with E-state index in [9.17, 15) is 4.39 Å². The van der Waals surface area contributed by atoms with Gasteiger partial charge in [-0.3, -0.25) is 5.41 Å². The molecule has 1 aliphatic rings. The van der Waals surface area contributed by atoms with Gasteiger partial charge in [0, 0.05) is 17.7 Å². The molecular weight excluding hydrogens is 281 g/mol. The lowest BCUT2D eigenvalue weighted by Gasteiger charge is -2.11. The average molecular weight is 294 g/mol. The van der Waals surface area contributed by atoms with E-state index in [-0.39, 0.29) is 10.9 Å². The molecule has 0 aliphatic heterocycles. The molecule has 0 spiro atoms. The molecule has 4 nitrogen and oxygen atoms in total. The number of nitrogens with one attached hydrogen (secondary N) is 2. The molecule has 6 heteroatoms. The number of fused-ring (bicyclic) bond motifs is 1. The standard InChI is InChI=1S/C14H13ClFN3O/c15-10-7-8(5-6-11(10)16)18-14(17)13-9-3-1-2-4-12(9)20-19-13/h5-7H,1-4H2,(H2,17,18). The van der Waals surface area contributed by atoms with Gasteiger partial charge in [0.1, 0.15) is 11.6 Å². The number of hydrogen-bond donors (Lipinski definition) is 2. The summed E-state index contributed by atoms with van der Waals surface area (Å²) in [6, 6.07) is 4.23. The van der Waals surface area contributed by atoms with E-state index >= 15 is 0 Å². The van der Waals surface area contributed by atoms with Gasteiger partial charge < -0.3 is 9.84 Å². The number of benzene rings is 1. The van der Waals surface area contributed by atoms with Gasteiger partial charge in [-0.1, -0.05) is 16.8 Å². The van der Waals surface area contributed by atoms with Crippen molar-refractivity contribution in [1.29, 1.82) is 5.41 Å². The van der Waals surface area contributed by atoms with Gasteiger partial charge in [-0.25, -0.2) is 4.39 Å². The molecule has 2 N–H and O–H groups in total. The minimum atomic E-state index is -0.484. The van der Waals surface area contributed by atoms with Crippen LogP contribution in [-0.2, 0) is 12.8 Å². The Balaban J connectivity index is 1.82. The van der Waals surface area contributed by atoms with Crippen LogP contribution in [0.4, 0.5) is 10.1 Å². The van der Waals surface area contributed by atoms with Crippen molar-refractivity contribution in [2.24, 2.45) is 0 Å². The Morgan fingerprint density at radius 2 is 2.15 bits per heavy atom. The highest BCUT2D eigenvalue weighted by atomic mass is 35.5. The maximum atomic E-state index is 13.1. The second kappa shape index (κ2) is 5.25. The van der Waals surface area contributed by atoms with Gasteiger partial charge in [-0.15, -0.1) is 0 Å². The lowest BCUT2D eigenvalue weighted by atomic mass is 9.96. The number of aromatic nitrogens is 1. The molecule has 0 atom stereocenters. The lowest BCUT2D eigenvalue weighted by Crippen LogP contribution is -2.15. The van der Waals surface area contributed by atoms with Crippen LogP contribution in [0.3, 0.4) is 0 Å². The topological polar surface area (TPSA) is 61.9 Å². The van der Waals surface area contributed by atoms with E-state index in [0.717, 1.165) is 37.0 Å². The summed E-state index contributed by atoms with van der Waals surface area (Å²) in [5.41, 5.74) is 2.08. The Kier molecular flexibility index (Phi) is 3.44. The predicted molar refractivity (Wildman–Crippen MR) is 75.0 cm³/mol. The minimum Gasteiger partial charge on any atom is -0.360 e. The molecule has 1 aliphatic carbocycles. The molecule has 1 heterocycles. The van der Waals surface area contributed by atoms with Gasteiger partial charge in [0.05, 0.1) is 5.02 Å². The number of anilines is 1. The first-order valence-electron chi connectivity index (χ1n) is 6.43. The van der Waals surface area contributed by atoms with Gasteiger partial charge in [0.2, 0.25) is 0 Å². The van der Waals surface area contributed by atoms with E-state index in [1.54, 1.807) is 0 Å². The molecule has 20 heavy (non-hydrogen) atoms. The number of amidine groups is 1. The van der Waals surface area contributed by atoms with Crippen LogP contribution in [0.5, 0.6) is 0 Å². The highest BCUT2D eigenvalue weighted by Crippen LogP contribution is 2.25. The fourth-order valence-corrected chi connectivity index (χ4v) is 2.54. The van der Waals surface area contributed by atoms with Gasteiger partial charge in [0.25, 0.3) is 0 Å². The fraction of sp³-hybridized carbons (Fsp3) is 0.286. The molecule has 0 saturated carbocycles. The van der Waals surface area contributed by atoms with Gasteiger partial charge >= 0.3 is 0 Å². The molecule has 0 unspecified atom stereocenters. The SMILES string of the molecule is N=C(Nc1ccc(F)c(Cl)c1)c1noc2c1CCCC2. The Morgan fingerprint density at radius 1 is 1.35 bits per heavy atom. The van der Waals surface area contributed by atoms with E-state index in [1.807, 2.05) is 0 Å². The number of aryl methyl sites for hydroxylation is 1. The minimum absolute atomic E-state index is 0.0185. The second-order valence-electron chi connectivity index (χ2n) is 4.77. The van der Waals surface area contributed by atoms with Crippen molar-refractivity contribution in [3.63, 3.8) is 0 Å². The van der Waals surface area contributed by atoms with Crippen LogP contribution in [-0.4, -0.2) is 11.0 Å². The van der Waals surface area contributed by atoms with Crippen LogP contribution in [0.15, 0.2) is 22.7 Å². The van der Waals surface area contributed by atoms with Gasteiger partial charge in [-0.05, 0) is 37.5 Å². The van der Waals surface area contributed by atoms with E-state index in [1.165, 1.54) is 18.2 Å². The van der Waals surface area contributed by atoms with Crippen LogP contribution < -0.4 is 5.32 Å². The highest BCUT2D eigenvalue weighted by molar-refractivity contribution is 6.31. The third-order valence-electron chi connectivity index (χ3n) is 3.38. The summed E-state index contributed by atoms with van der Waals surface area (Å²) in [7, 11) is 0. The van der Waals surface area contributed by atoms with Crippen LogP contribution in [0, 0.1) is 11.2 Å². The maximum Gasteiger partial charge on any atom is 0.152 e. The maximum absolute atomic E-state index is 13.1. The van der Waals surface area contributed by atoms with Crippen molar-refractivity contribution in [2.45, 2.75) is 25.7 Å². The number of hydrogen-bond acceptors (Lipinski definition) is 3. The largest absolute Gasteiger partial charge is 0.360 e. The molecule has 2 aromatic rings. The molecule has 0 amide bonds. The molecule has 0 radical (unpaired) electrons. The highest BCUT2D eigenvalue weighted by Gasteiger charge is 2.22. The van der Waals surface area contributed by atoms with Crippen molar-refractivity contribution in [2.75, 3.05) is 5.32 Å². The molecule has 0 bridgehead atoms. The Bertz CT molecular complexity index is 668. The predicted octanol–water partition coefficient (Wildman–Crippen LogP) is 3.78. The molecule has 1 aromatic carbocycles. The van der Waals surface area contributed by atoms with E-state index in [0.29, 0.717) is 11.4 Å². The summed E-state index contributed by atoms with van der Waals surface area (Å²) >= 11 is 5.72. The molecule has 1 aromatic heterocycles. The van der Waals surface area contributed by atoms with Crippen molar-refractivity contribution >= 4 is 23.1 Å². The fourth-order valence-electron chi connectivity index (χ4n) is 2.36. The van der Waals surface area contributed by atoms with Crippen molar-refractivity contribution in [3.05, 3.63) is 46.1 Å². The second-order valence-corrected chi connectivity index (χ2v) is 5.18. The van der Waals surface area contributed by atoms with E-state index < -0.39 is 5.82 Å². The number of rotatable bonds is 2. The zero-order chi connectivity index (χ0) is 14.1. The quantitative estimate of drug-likeness (QED) is 0.654.